The molecule has 0 saturated carbocycles. The minimum absolute atomic E-state index is 0.254. The molecule has 2 atom stereocenters. The Morgan fingerprint density at radius 2 is 1.95 bits per heavy atom. The second kappa shape index (κ2) is 6.78. The fraction of sp³-hybridized carbons (Fsp3) is 0.600. The summed E-state index contributed by atoms with van der Waals surface area (Å²) in [6.07, 6.45) is 1.81. The first kappa shape index (κ1) is 14.2. The fourth-order valence-corrected chi connectivity index (χ4v) is 2.33. The summed E-state index contributed by atoms with van der Waals surface area (Å²) < 4.78 is 11.1. The average Bonchev–Trinajstić information content (AvgIpc) is 2.44. The summed E-state index contributed by atoms with van der Waals surface area (Å²) in [5.41, 5.74) is 1.19. The molecule has 0 aliphatic carbocycles. The molecule has 0 aromatic heterocycles. The number of benzene rings is 1. The van der Waals surface area contributed by atoms with Gasteiger partial charge in [-0.15, -0.1) is 0 Å². The maximum Gasteiger partial charge on any atom is 0.161 e. The van der Waals surface area contributed by atoms with Crippen molar-refractivity contribution < 1.29 is 14.6 Å². The van der Waals surface area contributed by atoms with E-state index in [0.717, 1.165) is 24.3 Å². The molecule has 4 nitrogen and oxygen atoms in total. The highest BCUT2D eigenvalue weighted by Gasteiger charge is 2.15. The van der Waals surface area contributed by atoms with Crippen LogP contribution in [0.25, 0.3) is 0 Å². The topological polar surface area (TPSA) is 50.7 Å². The molecule has 0 spiro atoms. The summed E-state index contributed by atoms with van der Waals surface area (Å²) in [6.45, 7) is 5.78. The van der Waals surface area contributed by atoms with E-state index in [4.69, 9.17) is 14.6 Å². The number of ether oxygens (including phenoxy) is 2. The van der Waals surface area contributed by atoms with Gasteiger partial charge in [-0.3, -0.25) is 0 Å². The van der Waals surface area contributed by atoms with Crippen molar-refractivity contribution in [2.75, 3.05) is 19.8 Å². The Bertz CT molecular complexity index is 408. The van der Waals surface area contributed by atoms with Gasteiger partial charge in [-0.05, 0) is 44.4 Å². The van der Waals surface area contributed by atoms with Crippen LogP contribution in [0, 0.1) is 0 Å². The van der Waals surface area contributed by atoms with Gasteiger partial charge in [0.05, 0.1) is 0 Å². The molecule has 0 radical (unpaired) electrons. The van der Waals surface area contributed by atoms with Gasteiger partial charge in [0.2, 0.25) is 0 Å². The summed E-state index contributed by atoms with van der Waals surface area (Å²) in [7, 11) is 0. The van der Waals surface area contributed by atoms with E-state index in [0.29, 0.717) is 19.3 Å². The van der Waals surface area contributed by atoms with Crippen molar-refractivity contribution in [1.29, 1.82) is 0 Å². The molecule has 2 unspecified atom stereocenters. The second-order valence-electron chi connectivity index (χ2n) is 5.06. The zero-order valence-corrected chi connectivity index (χ0v) is 11.7. The lowest BCUT2D eigenvalue weighted by Crippen LogP contribution is -2.29. The maximum absolute atomic E-state index is 8.84. The Hall–Kier alpha value is -1.26. The van der Waals surface area contributed by atoms with Crippen LogP contribution in [0.3, 0.4) is 0 Å². The normalized spacial score (nSPS) is 17.0. The fourth-order valence-electron chi connectivity index (χ4n) is 2.33. The number of hydrogen-bond donors (Lipinski definition) is 2. The van der Waals surface area contributed by atoms with E-state index >= 15 is 0 Å². The molecule has 0 saturated heterocycles. The lowest BCUT2D eigenvalue weighted by Gasteiger charge is -2.23. The number of fused-ring (bicyclic) bond motifs is 1. The van der Waals surface area contributed by atoms with Crippen molar-refractivity contribution in [3.63, 3.8) is 0 Å². The average molecular weight is 265 g/mol. The first-order valence-electron chi connectivity index (χ1n) is 6.97. The molecule has 19 heavy (non-hydrogen) atoms. The molecule has 4 heteroatoms. The molecule has 106 valence electrons. The lowest BCUT2D eigenvalue weighted by atomic mass is 10.1. The van der Waals surface area contributed by atoms with Crippen LogP contribution in [0.4, 0.5) is 0 Å². The van der Waals surface area contributed by atoms with Gasteiger partial charge in [0.15, 0.2) is 11.5 Å². The molecule has 1 aromatic rings. The van der Waals surface area contributed by atoms with Crippen molar-refractivity contribution in [1.82, 2.24) is 5.32 Å². The van der Waals surface area contributed by atoms with E-state index in [1.54, 1.807) is 0 Å². The van der Waals surface area contributed by atoms with Crippen LogP contribution < -0.4 is 14.8 Å². The first-order chi connectivity index (χ1) is 9.20. The standard InChI is InChI=1S/C15H23NO3/c1-11(4-3-7-17)16-12(2)13-5-6-14-15(10-13)19-9-8-18-14/h5-6,10-12,16-17H,3-4,7-9H2,1-2H3. The molecular weight excluding hydrogens is 242 g/mol. The Morgan fingerprint density at radius 3 is 2.68 bits per heavy atom. The minimum Gasteiger partial charge on any atom is -0.486 e. The third kappa shape index (κ3) is 3.85. The van der Waals surface area contributed by atoms with Gasteiger partial charge in [-0.1, -0.05) is 6.07 Å². The largest absolute Gasteiger partial charge is 0.486 e. The molecule has 1 aliphatic heterocycles. The Balaban J connectivity index is 1.97. The highest BCUT2D eigenvalue weighted by molar-refractivity contribution is 5.44. The number of aliphatic hydroxyl groups is 1. The third-order valence-corrected chi connectivity index (χ3v) is 3.40. The number of hydrogen-bond acceptors (Lipinski definition) is 4. The van der Waals surface area contributed by atoms with Crippen LogP contribution in [0.15, 0.2) is 18.2 Å². The van der Waals surface area contributed by atoms with Gasteiger partial charge in [0.25, 0.3) is 0 Å². The van der Waals surface area contributed by atoms with Crippen LogP contribution in [-0.2, 0) is 0 Å². The molecular formula is C15H23NO3. The van der Waals surface area contributed by atoms with E-state index in [2.05, 4.69) is 25.2 Å². The maximum atomic E-state index is 8.84. The summed E-state index contributed by atoms with van der Waals surface area (Å²) in [5.74, 6) is 1.66. The minimum atomic E-state index is 0.254. The predicted octanol–water partition coefficient (Wildman–Crippen LogP) is 2.27. The molecule has 1 aliphatic rings. The summed E-state index contributed by atoms with van der Waals surface area (Å²) in [5, 5.41) is 12.4. The molecule has 0 bridgehead atoms. The Morgan fingerprint density at radius 1 is 1.21 bits per heavy atom. The van der Waals surface area contributed by atoms with Gasteiger partial charge in [0.1, 0.15) is 13.2 Å². The van der Waals surface area contributed by atoms with Crippen molar-refractivity contribution >= 4 is 0 Å². The van der Waals surface area contributed by atoms with Crippen LogP contribution in [-0.4, -0.2) is 31.0 Å². The zero-order valence-electron chi connectivity index (χ0n) is 11.7. The van der Waals surface area contributed by atoms with E-state index in [1.165, 1.54) is 5.56 Å². The molecule has 0 amide bonds. The lowest BCUT2D eigenvalue weighted by molar-refractivity contribution is 0.171. The number of nitrogens with one attached hydrogen (secondary N) is 1. The van der Waals surface area contributed by atoms with Gasteiger partial charge < -0.3 is 19.9 Å². The van der Waals surface area contributed by atoms with E-state index < -0.39 is 0 Å². The number of aliphatic hydroxyl groups excluding tert-OH is 1. The quantitative estimate of drug-likeness (QED) is 0.828. The van der Waals surface area contributed by atoms with E-state index in [1.807, 2.05) is 12.1 Å². The summed E-state index contributed by atoms with van der Waals surface area (Å²) >= 11 is 0. The predicted molar refractivity (Wildman–Crippen MR) is 74.8 cm³/mol. The summed E-state index contributed by atoms with van der Waals surface area (Å²) in [4.78, 5) is 0. The SMILES string of the molecule is CC(CCCO)NC(C)c1ccc2c(c1)OCCO2. The van der Waals surface area contributed by atoms with E-state index in [-0.39, 0.29) is 12.6 Å². The molecule has 1 heterocycles. The van der Waals surface area contributed by atoms with Gasteiger partial charge in [0, 0.05) is 18.7 Å². The van der Waals surface area contributed by atoms with Crippen LogP contribution >= 0.6 is 0 Å². The second-order valence-corrected chi connectivity index (χ2v) is 5.06. The van der Waals surface area contributed by atoms with Crippen molar-refractivity contribution in [3.05, 3.63) is 23.8 Å². The van der Waals surface area contributed by atoms with Gasteiger partial charge >= 0.3 is 0 Å². The highest BCUT2D eigenvalue weighted by Crippen LogP contribution is 2.32. The first-order valence-corrected chi connectivity index (χ1v) is 6.97. The molecule has 2 N–H and O–H groups in total. The molecule has 1 aromatic carbocycles. The Labute approximate surface area is 114 Å². The van der Waals surface area contributed by atoms with Crippen molar-refractivity contribution in [2.45, 2.75) is 38.8 Å². The number of rotatable bonds is 6. The van der Waals surface area contributed by atoms with Gasteiger partial charge in [-0.2, -0.15) is 0 Å². The van der Waals surface area contributed by atoms with Crippen molar-refractivity contribution in [2.24, 2.45) is 0 Å². The Kier molecular flexibility index (Phi) is 5.05. The molecule has 2 rings (SSSR count). The third-order valence-electron chi connectivity index (χ3n) is 3.40. The van der Waals surface area contributed by atoms with Crippen LogP contribution in [0.2, 0.25) is 0 Å². The van der Waals surface area contributed by atoms with E-state index in [9.17, 15) is 0 Å². The van der Waals surface area contributed by atoms with Crippen LogP contribution in [0.5, 0.6) is 11.5 Å². The smallest absolute Gasteiger partial charge is 0.161 e. The zero-order chi connectivity index (χ0) is 13.7. The van der Waals surface area contributed by atoms with Gasteiger partial charge in [-0.25, -0.2) is 0 Å². The highest BCUT2D eigenvalue weighted by atomic mass is 16.6. The van der Waals surface area contributed by atoms with Crippen LogP contribution in [0.1, 0.15) is 38.3 Å². The summed E-state index contributed by atoms with van der Waals surface area (Å²) in [6, 6.07) is 6.73. The van der Waals surface area contributed by atoms with Crippen molar-refractivity contribution in [3.8, 4) is 11.5 Å². The monoisotopic (exact) mass is 265 g/mol. The molecule has 0 fully saturated rings.